The standard InChI is InChI=1S/C21H32N2O2/c1-5-16-8-6-7-15(4)19(16)23-21(25)18-11-9-17(10-12-18)20(24)22-13-14(2)3/h6-8,14,17-18H,5,9-13H2,1-4H3,(H,22,24)(H,23,25). The van der Waals surface area contributed by atoms with E-state index in [1.807, 2.05) is 19.1 Å². The first-order valence-corrected chi connectivity index (χ1v) is 9.59. The smallest absolute Gasteiger partial charge is 0.227 e. The predicted molar refractivity (Wildman–Crippen MR) is 102 cm³/mol. The average molecular weight is 344 g/mol. The van der Waals surface area contributed by atoms with E-state index in [9.17, 15) is 9.59 Å². The molecule has 0 unspecified atom stereocenters. The van der Waals surface area contributed by atoms with Crippen molar-refractivity contribution >= 4 is 17.5 Å². The Morgan fingerprint density at radius 2 is 1.68 bits per heavy atom. The van der Waals surface area contributed by atoms with Gasteiger partial charge in [0.25, 0.3) is 0 Å². The van der Waals surface area contributed by atoms with Crippen LogP contribution in [0.4, 0.5) is 5.69 Å². The Balaban J connectivity index is 1.89. The summed E-state index contributed by atoms with van der Waals surface area (Å²) in [6.45, 7) is 9.05. The highest BCUT2D eigenvalue weighted by molar-refractivity contribution is 5.94. The number of carbonyl (C=O) groups excluding carboxylic acids is 2. The van der Waals surface area contributed by atoms with Crippen molar-refractivity contribution < 1.29 is 9.59 Å². The molecule has 0 spiro atoms. The van der Waals surface area contributed by atoms with Crippen LogP contribution in [0.15, 0.2) is 18.2 Å². The zero-order valence-corrected chi connectivity index (χ0v) is 16.0. The lowest BCUT2D eigenvalue weighted by atomic mass is 9.81. The lowest BCUT2D eigenvalue weighted by Gasteiger charge is -2.27. The molecule has 2 amide bonds. The fourth-order valence-corrected chi connectivity index (χ4v) is 3.49. The van der Waals surface area contributed by atoms with Crippen molar-refractivity contribution in [1.82, 2.24) is 5.32 Å². The van der Waals surface area contributed by atoms with Crippen LogP contribution in [-0.2, 0) is 16.0 Å². The maximum absolute atomic E-state index is 12.7. The van der Waals surface area contributed by atoms with Crippen LogP contribution in [0.3, 0.4) is 0 Å². The molecule has 0 aromatic heterocycles. The number of rotatable bonds is 6. The van der Waals surface area contributed by atoms with Crippen LogP contribution in [0.5, 0.6) is 0 Å². The molecule has 0 aliphatic heterocycles. The molecule has 25 heavy (non-hydrogen) atoms. The van der Waals surface area contributed by atoms with Gasteiger partial charge in [-0.1, -0.05) is 39.0 Å². The summed E-state index contributed by atoms with van der Waals surface area (Å²) in [7, 11) is 0. The summed E-state index contributed by atoms with van der Waals surface area (Å²) < 4.78 is 0. The number of benzene rings is 1. The molecule has 1 saturated carbocycles. The van der Waals surface area contributed by atoms with E-state index in [-0.39, 0.29) is 23.7 Å². The van der Waals surface area contributed by atoms with Crippen molar-refractivity contribution in [2.45, 2.75) is 59.8 Å². The maximum Gasteiger partial charge on any atom is 0.227 e. The second-order valence-electron chi connectivity index (χ2n) is 7.64. The number of para-hydroxylation sites is 1. The van der Waals surface area contributed by atoms with Crippen LogP contribution in [-0.4, -0.2) is 18.4 Å². The van der Waals surface area contributed by atoms with Crippen LogP contribution in [0.1, 0.15) is 57.6 Å². The summed E-state index contributed by atoms with van der Waals surface area (Å²) >= 11 is 0. The Hall–Kier alpha value is -1.84. The highest BCUT2D eigenvalue weighted by Crippen LogP contribution is 2.31. The minimum atomic E-state index is 0.0125. The molecule has 0 heterocycles. The molecule has 1 aromatic carbocycles. The van der Waals surface area contributed by atoms with Crippen molar-refractivity contribution in [3.63, 3.8) is 0 Å². The molecule has 1 aromatic rings. The van der Waals surface area contributed by atoms with Crippen molar-refractivity contribution in [2.75, 3.05) is 11.9 Å². The number of carbonyl (C=O) groups is 2. The molecule has 1 aliphatic carbocycles. The van der Waals surface area contributed by atoms with Gasteiger partial charge in [-0.2, -0.15) is 0 Å². The van der Waals surface area contributed by atoms with Gasteiger partial charge in [-0.3, -0.25) is 9.59 Å². The molecule has 1 aliphatic rings. The van der Waals surface area contributed by atoms with Gasteiger partial charge >= 0.3 is 0 Å². The van der Waals surface area contributed by atoms with Crippen molar-refractivity contribution in [3.8, 4) is 0 Å². The van der Waals surface area contributed by atoms with Crippen molar-refractivity contribution in [1.29, 1.82) is 0 Å². The lowest BCUT2D eigenvalue weighted by molar-refractivity contribution is -0.128. The largest absolute Gasteiger partial charge is 0.356 e. The fourth-order valence-electron chi connectivity index (χ4n) is 3.49. The number of hydrogen-bond donors (Lipinski definition) is 2. The van der Waals surface area contributed by atoms with E-state index < -0.39 is 0 Å². The van der Waals surface area contributed by atoms with E-state index in [0.717, 1.165) is 49.9 Å². The predicted octanol–water partition coefficient (Wildman–Crippen LogP) is 4.07. The monoisotopic (exact) mass is 344 g/mol. The average Bonchev–Trinajstić information content (AvgIpc) is 2.61. The first kappa shape index (κ1) is 19.5. The van der Waals surface area contributed by atoms with E-state index in [1.54, 1.807) is 0 Å². The van der Waals surface area contributed by atoms with E-state index >= 15 is 0 Å². The van der Waals surface area contributed by atoms with Crippen molar-refractivity contribution in [2.24, 2.45) is 17.8 Å². The minimum absolute atomic E-state index is 0.0125. The third kappa shape index (κ3) is 5.32. The molecular formula is C21H32N2O2. The summed E-state index contributed by atoms with van der Waals surface area (Å²) in [5.74, 6) is 0.795. The second kappa shape index (κ2) is 9.02. The van der Waals surface area contributed by atoms with Crippen LogP contribution >= 0.6 is 0 Å². The van der Waals surface area contributed by atoms with Gasteiger partial charge in [0.15, 0.2) is 0 Å². The summed E-state index contributed by atoms with van der Waals surface area (Å²) in [5.41, 5.74) is 3.25. The molecule has 0 radical (unpaired) electrons. The molecule has 0 bridgehead atoms. The molecule has 1 fully saturated rings. The number of anilines is 1. The number of nitrogens with one attached hydrogen (secondary N) is 2. The first-order valence-electron chi connectivity index (χ1n) is 9.59. The molecule has 4 heteroatoms. The third-order valence-corrected chi connectivity index (χ3v) is 5.14. The molecule has 0 saturated heterocycles. The lowest BCUT2D eigenvalue weighted by Crippen LogP contribution is -2.37. The zero-order valence-electron chi connectivity index (χ0n) is 16.0. The van der Waals surface area contributed by atoms with Gasteiger partial charge in [0, 0.05) is 24.1 Å². The van der Waals surface area contributed by atoms with Gasteiger partial charge in [0.2, 0.25) is 11.8 Å². The fraction of sp³-hybridized carbons (Fsp3) is 0.619. The highest BCUT2D eigenvalue weighted by Gasteiger charge is 2.30. The Labute approximate surface area is 151 Å². The molecule has 0 atom stereocenters. The molecule has 2 rings (SSSR count). The number of aryl methyl sites for hydroxylation is 2. The van der Waals surface area contributed by atoms with E-state index in [1.165, 1.54) is 5.56 Å². The SMILES string of the molecule is CCc1cccc(C)c1NC(=O)C1CCC(C(=O)NCC(C)C)CC1. The van der Waals surface area contributed by atoms with Gasteiger partial charge in [0.05, 0.1) is 0 Å². The molecule has 4 nitrogen and oxygen atoms in total. The van der Waals surface area contributed by atoms with Gasteiger partial charge in [-0.25, -0.2) is 0 Å². The van der Waals surface area contributed by atoms with E-state index in [4.69, 9.17) is 0 Å². The topological polar surface area (TPSA) is 58.2 Å². The first-order chi connectivity index (χ1) is 11.9. The number of hydrogen-bond acceptors (Lipinski definition) is 2. The molecule has 138 valence electrons. The molecular weight excluding hydrogens is 312 g/mol. The Morgan fingerprint density at radius 1 is 1.08 bits per heavy atom. The van der Waals surface area contributed by atoms with E-state index in [2.05, 4.69) is 37.5 Å². The molecule has 2 N–H and O–H groups in total. The minimum Gasteiger partial charge on any atom is -0.356 e. The van der Waals surface area contributed by atoms with Crippen LogP contribution in [0.25, 0.3) is 0 Å². The van der Waals surface area contributed by atoms with Crippen LogP contribution in [0, 0.1) is 24.7 Å². The second-order valence-corrected chi connectivity index (χ2v) is 7.64. The van der Waals surface area contributed by atoms with Gasteiger partial charge in [0.1, 0.15) is 0 Å². The number of amides is 2. The third-order valence-electron chi connectivity index (χ3n) is 5.14. The van der Waals surface area contributed by atoms with Gasteiger partial charge in [-0.05, 0) is 56.1 Å². The Morgan fingerprint density at radius 3 is 2.24 bits per heavy atom. The normalized spacial score (nSPS) is 20.4. The quantitative estimate of drug-likeness (QED) is 0.817. The van der Waals surface area contributed by atoms with Crippen LogP contribution in [0.2, 0.25) is 0 Å². The van der Waals surface area contributed by atoms with Crippen LogP contribution < -0.4 is 10.6 Å². The summed E-state index contributed by atoms with van der Waals surface area (Å²) in [4.78, 5) is 24.9. The van der Waals surface area contributed by atoms with Gasteiger partial charge < -0.3 is 10.6 Å². The Bertz CT molecular complexity index is 602. The summed E-state index contributed by atoms with van der Waals surface area (Å²) in [5, 5.41) is 6.16. The van der Waals surface area contributed by atoms with E-state index in [0.29, 0.717) is 5.92 Å². The highest BCUT2D eigenvalue weighted by atomic mass is 16.2. The maximum atomic E-state index is 12.7. The summed E-state index contributed by atoms with van der Waals surface area (Å²) in [6.07, 6.45) is 4.09. The zero-order chi connectivity index (χ0) is 18.4. The van der Waals surface area contributed by atoms with Gasteiger partial charge in [-0.15, -0.1) is 0 Å². The Kier molecular flexibility index (Phi) is 7.03. The van der Waals surface area contributed by atoms with Crippen molar-refractivity contribution in [3.05, 3.63) is 29.3 Å². The summed E-state index contributed by atoms with van der Waals surface area (Å²) in [6, 6.07) is 6.13.